The van der Waals surface area contributed by atoms with E-state index in [1.54, 1.807) is 12.4 Å². The number of hydrogen-bond donors (Lipinski definition) is 1. The molecule has 0 radical (unpaired) electrons. The summed E-state index contributed by atoms with van der Waals surface area (Å²) in [5.74, 6) is -1.68. The van der Waals surface area contributed by atoms with Gasteiger partial charge in [-0.15, -0.1) is 0 Å². The first-order valence-electron chi connectivity index (χ1n) is 8.51. The quantitative estimate of drug-likeness (QED) is 0.658. The van der Waals surface area contributed by atoms with Gasteiger partial charge in [0, 0.05) is 17.4 Å². The molecule has 0 saturated heterocycles. The van der Waals surface area contributed by atoms with Gasteiger partial charge < -0.3 is 5.32 Å². The van der Waals surface area contributed by atoms with Crippen molar-refractivity contribution in [1.29, 1.82) is 0 Å². The Morgan fingerprint density at radius 2 is 1.82 bits per heavy atom. The molecule has 9 heteroatoms. The first kappa shape index (κ1) is 18.1. The maximum atomic E-state index is 14.1. The van der Waals surface area contributed by atoms with Gasteiger partial charge in [0.25, 0.3) is 5.91 Å². The Balaban J connectivity index is 1.55. The van der Waals surface area contributed by atoms with E-state index < -0.39 is 29.2 Å². The smallest absolute Gasteiger partial charge is 0.321 e. The van der Waals surface area contributed by atoms with Crippen molar-refractivity contribution in [2.45, 2.75) is 25.1 Å². The first-order chi connectivity index (χ1) is 13.3. The Hall–Kier alpha value is -3.23. The zero-order valence-electron chi connectivity index (χ0n) is 14.4. The second kappa shape index (κ2) is 6.74. The molecule has 3 aromatic rings. The number of carbonyl (C=O) groups is 1. The molecule has 0 unspecified atom stereocenters. The van der Waals surface area contributed by atoms with Gasteiger partial charge in [-0.05, 0) is 49.2 Å². The summed E-state index contributed by atoms with van der Waals surface area (Å²) in [5.41, 5.74) is -0.159. The maximum Gasteiger partial charge on any atom is 0.416 e. The fourth-order valence-electron chi connectivity index (χ4n) is 2.70. The van der Waals surface area contributed by atoms with Crippen LogP contribution in [0.5, 0.6) is 0 Å². The number of aromatic nitrogens is 3. The summed E-state index contributed by atoms with van der Waals surface area (Å²) >= 11 is 0. The van der Waals surface area contributed by atoms with Crippen LogP contribution in [0.25, 0.3) is 11.3 Å². The van der Waals surface area contributed by atoms with E-state index in [-0.39, 0.29) is 5.69 Å². The molecule has 1 aliphatic rings. The van der Waals surface area contributed by atoms with Crippen molar-refractivity contribution >= 4 is 11.6 Å². The van der Waals surface area contributed by atoms with E-state index in [0.29, 0.717) is 17.3 Å². The SMILES string of the molecule is O=C(Nc1ccc(C(F)(F)F)cc1)c1nc(-c2cnn(C3CC3)c2)ccc1F. The van der Waals surface area contributed by atoms with E-state index in [0.717, 1.165) is 43.2 Å². The van der Waals surface area contributed by atoms with Crippen LogP contribution in [0.15, 0.2) is 48.8 Å². The van der Waals surface area contributed by atoms with Crippen LogP contribution in [-0.2, 0) is 6.18 Å². The summed E-state index contributed by atoms with van der Waals surface area (Å²) in [7, 11) is 0. The zero-order chi connectivity index (χ0) is 19.9. The van der Waals surface area contributed by atoms with E-state index in [1.807, 2.05) is 4.68 Å². The van der Waals surface area contributed by atoms with Crippen LogP contribution >= 0.6 is 0 Å². The molecule has 1 saturated carbocycles. The highest BCUT2D eigenvalue weighted by molar-refractivity contribution is 6.03. The van der Waals surface area contributed by atoms with Gasteiger partial charge in [0.05, 0.1) is 23.5 Å². The normalized spacial score (nSPS) is 14.1. The Kier molecular flexibility index (Phi) is 4.37. The van der Waals surface area contributed by atoms with E-state index in [1.165, 1.54) is 6.07 Å². The fraction of sp³-hybridized carbons (Fsp3) is 0.211. The van der Waals surface area contributed by atoms with Crippen molar-refractivity contribution < 1.29 is 22.4 Å². The number of nitrogens with zero attached hydrogens (tertiary/aromatic N) is 3. The van der Waals surface area contributed by atoms with Gasteiger partial charge in [0.15, 0.2) is 11.5 Å². The second-order valence-corrected chi connectivity index (χ2v) is 6.50. The number of anilines is 1. The van der Waals surface area contributed by atoms with Crippen LogP contribution in [0.4, 0.5) is 23.2 Å². The maximum absolute atomic E-state index is 14.1. The number of pyridine rings is 1. The topological polar surface area (TPSA) is 59.8 Å². The Morgan fingerprint density at radius 1 is 1.11 bits per heavy atom. The summed E-state index contributed by atoms with van der Waals surface area (Å²) in [4.78, 5) is 16.4. The Labute approximate surface area is 157 Å². The van der Waals surface area contributed by atoms with E-state index in [2.05, 4.69) is 15.4 Å². The summed E-state index contributed by atoms with van der Waals surface area (Å²) in [6.07, 6.45) is 1.01. The molecule has 1 aromatic carbocycles. The van der Waals surface area contributed by atoms with Gasteiger partial charge in [0.2, 0.25) is 0 Å². The molecule has 0 atom stereocenters. The molecule has 28 heavy (non-hydrogen) atoms. The minimum Gasteiger partial charge on any atom is -0.321 e. The average molecular weight is 390 g/mol. The molecule has 5 nitrogen and oxygen atoms in total. The fourth-order valence-corrected chi connectivity index (χ4v) is 2.70. The van der Waals surface area contributed by atoms with Crippen LogP contribution in [0.1, 0.15) is 34.9 Å². The number of alkyl halides is 3. The highest BCUT2D eigenvalue weighted by Crippen LogP contribution is 2.35. The van der Waals surface area contributed by atoms with Crippen molar-refractivity contribution in [3.63, 3.8) is 0 Å². The Morgan fingerprint density at radius 3 is 2.46 bits per heavy atom. The van der Waals surface area contributed by atoms with Crippen molar-refractivity contribution in [3.8, 4) is 11.3 Å². The van der Waals surface area contributed by atoms with Crippen LogP contribution in [0, 0.1) is 5.82 Å². The van der Waals surface area contributed by atoms with E-state index in [9.17, 15) is 22.4 Å². The zero-order valence-corrected chi connectivity index (χ0v) is 14.4. The number of benzene rings is 1. The molecule has 4 rings (SSSR count). The van der Waals surface area contributed by atoms with Crippen LogP contribution in [-0.4, -0.2) is 20.7 Å². The van der Waals surface area contributed by atoms with E-state index in [4.69, 9.17) is 0 Å². The molecular formula is C19H14F4N4O. The average Bonchev–Trinajstić information content (AvgIpc) is 3.39. The number of rotatable bonds is 4. The van der Waals surface area contributed by atoms with Crippen molar-refractivity contribution in [2.24, 2.45) is 0 Å². The van der Waals surface area contributed by atoms with Crippen LogP contribution in [0.2, 0.25) is 0 Å². The molecule has 144 valence electrons. The highest BCUT2D eigenvalue weighted by Gasteiger charge is 2.30. The van der Waals surface area contributed by atoms with Crippen molar-refractivity contribution in [3.05, 3.63) is 65.9 Å². The minimum absolute atomic E-state index is 0.103. The molecular weight excluding hydrogens is 376 g/mol. The van der Waals surface area contributed by atoms with Gasteiger partial charge in [-0.2, -0.15) is 18.3 Å². The van der Waals surface area contributed by atoms with Gasteiger partial charge in [-0.1, -0.05) is 0 Å². The molecule has 2 aromatic heterocycles. The van der Waals surface area contributed by atoms with Gasteiger partial charge in [-0.25, -0.2) is 9.37 Å². The standard InChI is InChI=1S/C19H14F4N4O/c20-15-7-8-16(11-9-24-27(10-11)14-5-6-14)26-17(15)18(28)25-13-3-1-12(2-4-13)19(21,22)23/h1-4,7-10,14H,5-6H2,(H,25,28). The molecule has 0 spiro atoms. The highest BCUT2D eigenvalue weighted by atomic mass is 19.4. The molecule has 0 aliphatic heterocycles. The molecule has 2 heterocycles. The third-order valence-corrected chi connectivity index (χ3v) is 4.35. The van der Waals surface area contributed by atoms with Crippen molar-refractivity contribution in [2.75, 3.05) is 5.32 Å². The predicted octanol–water partition coefficient (Wildman–Crippen LogP) is 4.69. The monoisotopic (exact) mass is 390 g/mol. The van der Waals surface area contributed by atoms with Crippen molar-refractivity contribution in [1.82, 2.24) is 14.8 Å². The van der Waals surface area contributed by atoms with Crippen LogP contribution < -0.4 is 5.32 Å². The minimum atomic E-state index is -4.48. The van der Waals surface area contributed by atoms with Gasteiger partial charge in [0.1, 0.15) is 0 Å². The lowest BCUT2D eigenvalue weighted by atomic mass is 10.2. The second-order valence-electron chi connectivity index (χ2n) is 6.50. The summed E-state index contributed by atoms with van der Waals surface area (Å²) in [5, 5.41) is 6.60. The lowest BCUT2D eigenvalue weighted by Gasteiger charge is -2.09. The number of hydrogen-bond acceptors (Lipinski definition) is 3. The number of carbonyl (C=O) groups excluding carboxylic acids is 1. The lowest BCUT2D eigenvalue weighted by molar-refractivity contribution is -0.137. The third-order valence-electron chi connectivity index (χ3n) is 4.35. The number of amides is 1. The molecule has 1 fully saturated rings. The predicted molar refractivity (Wildman–Crippen MR) is 93.1 cm³/mol. The molecule has 1 aliphatic carbocycles. The third kappa shape index (κ3) is 3.73. The largest absolute Gasteiger partial charge is 0.416 e. The Bertz CT molecular complexity index is 1020. The summed E-state index contributed by atoms with van der Waals surface area (Å²) < 4.78 is 53.7. The number of halogens is 4. The molecule has 1 amide bonds. The summed E-state index contributed by atoms with van der Waals surface area (Å²) in [6.45, 7) is 0. The number of nitrogens with one attached hydrogen (secondary N) is 1. The molecule has 0 bridgehead atoms. The molecule has 1 N–H and O–H groups in total. The van der Waals surface area contributed by atoms with Gasteiger partial charge >= 0.3 is 6.18 Å². The van der Waals surface area contributed by atoms with E-state index >= 15 is 0 Å². The lowest BCUT2D eigenvalue weighted by Crippen LogP contribution is -2.16. The van der Waals surface area contributed by atoms with Crippen LogP contribution in [0.3, 0.4) is 0 Å². The first-order valence-corrected chi connectivity index (χ1v) is 8.51. The van der Waals surface area contributed by atoms with Gasteiger partial charge in [-0.3, -0.25) is 9.48 Å². The summed E-state index contributed by atoms with van der Waals surface area (Å²) in [6, 6.07) is 6.81.